The molecule has 0 aliphatic carbocycles. The Morgan fingerprint density at radius 1 is 1.10 bits per heavy atom. The molecule has 2 amide bonds. The van der Waals surface area contributed by atoms with E-state index >= 15 is 0 Å². The maximum absolute atomic E-state index is 10.8. The van der Waals surface area contributed by atoms with Gasteiger partial charge >= 0.3 is 0 Å². The lowest BCUT2D eigenvalue weighted by Gasteiger charge is -2.03. The zero-order chi connectivity index (χ0) is 7.89. The first kappa shape index (κ1) is 8.01. The maximum Gasteiger partial charge on any atom is 0.256 e. The van der Waals surface area contributed by atoms with E-state index in [1.807, 2.05) is 0 Å². The van der Waals surface area contributed by atoms with Crippen LogP contribution in [0.5, 0.6) is 0 Å². The zero-order valence-corrected chi connectivity index (χ0v) is 7.90. The minimum absolute atomic E-state index is 0.229. The van der Waals surface area contributed by atoms with Crippen LogP contribution >= 0.6 is 31.9 Å². The Kier molecular flexibility index (Phi) is 2.01. The molecule has 0 fully saturated rings. The highest BCUT2D eigenvalue weighted by atomic mass is 79.9. The molecule has 0 aromatic carbocycles. The molecule has 0 saturated carbocycles. The summed E-state index contributed by atoms with van der Waals surface area (Å²) in [6, 6.07) is 0. The molecule has 1 radical (unpaired) electrons. The number of imide groups is 1. The summed E-state index contributed by atoms with van der Waals surface area (Å²) in [4.78, 5) is 22.5. The van der Waals surface area contributed by atoms with Crippen molar-refractivity contribution in [2.24, 2.45) is 0 Å². The van der Waals surface area contributed by atoms with Gasteiger partial charge in [-0.1, -0.05) is 0 Å². The van der Waals surface area contributed by atoms with E-state index in [0.29, 0.717) is 0 Å². The Bertz CT molecular complexity index is 226. The second-order valence-corrected chi connectivity index (χ2v) is 3.25. The molecule has 0 aromatic rings. The van der Waals surface area contributed by atoms with Crippen LogP contribution in [-0.4, -0.2) is 24.6 Å². The van der Waals surface area contributed by atoms with Crippen molar-refractivity contribution in [1.29, 1.82) is 0 Å². The predicted octanol–water partition coefficient (Wildman–Crippen LogP) is 0.172. The molecule has 1 heterocycles. The van der Waals surface area contributed by atoms with Crippen molar-refractivity contribution in [3.63, 3.8) is 0 Å². The lowest BCUT2D eigenvalue weighted by Crippen LogP contribution is -2.27. The molecule has 51 valence electrons. The van der Waals surface area contributed by atoms with E-state index in [0.717, 1.165) is 4.81 Å². The summed E-state index contributed by atoms with van der Waals surface area (Å²) in [6.07, 6.45) is 0. The fourth-order valence-electron chi connectivity index (χ4n) is 0.517. The maximum atomic E-state index is 10.8. The number of hydrogen-bond acceptors (Lipinski definition) is 2. The number of halogens is 2. The fraction of sp³-hybridized carbons (Fsp3) is 0. The first-order valence-electron chi connectivity index (χ1n) is 2.30. The Labute approximate surface area is 75.1 Å². The summed E-state index contributed by atoms with van der Waals surface area (Å²) in [5.74, 6) is -0.839. The normalized spacial score (nSPS) is 19.2. The third-order valence-corrected chi connectivity index (χ3v) is 3.06. The van der Waals surface area contributed by atoms with Crippen molar-refractivity contribution in [2.75, 3.05) is 0 Å². The Balaban J connectivity index is 3.11. The van der Waals surface area contributed by atoms with Gasteiger partial charge in [0, 0.05) is 0 Å². The number of rotatable bonds is 0. The molecule has 10 heavy (non-hydrogen) atoms. The molecular weight excluding hydrogens is 265 g/mol. The van der Waals surface area contributed by atoms with E-state index in [2.05, 4.69) is 39.8 Å². The topological polar surface area (TPSA) is 37.4 Å². The molecular formula is C4HBBr2NO2. The molecule has 0 aromatic heterocycles. The van der Waals surface area contributed by atoms with Crippen molar-refractivity contribution in [3.05, 3.63) is 8.96 Å². The molecule has 0 unspecified atom stereocenters. The number of nitrogens with zero attached hydrogens (tertiary/aromatic N) is 1. The molecule has 6 heteroatoms. The molecule has 3 nitrogen and oxygen atoms in total. The summed E-state index contributed by atoms with van der Waals surface area (Å²) in [6.45, 7) is 0. The van der Waals surface area contributed by atoms with Crippen LogP contribution in [0.25, 0.3) is 0 Å². The molecule has 0 saturated heterocycles. The third kappa shape index (κ3) is 0.951. The molecule has 0 atom stereocenters. The average Bonchev–Trinajstić information content (AvgIpc) is 2.07. The van der Waals surface area contributed by atoms with Crippen LogP contribution in [0.15, 0.2) is 8.96 Å². The van der Waals surface area contributed by atoms with Gasteiger partial charge in [0.05, 0.1) is 0 Å². The zero-order valence-electron chi connectivity index (χ0n) is 4.73. The SMILES string of the molecule is [BH]N1C(=O)C(Br)=C(Br)C1=O. The summed E-state index contributed by atoms with van der Waals surface area (Å²) in [7, 11) is 3.23. The largest absolute Gasteiger partial charge is 0.329 e. The van der Waals surface area contributed by atoms with E-state index in [1.165, 1.54) is 0 Å². The van der Waals surface area contributed by atoms with Gasteiger partial charge in [0.2, 0.25) is 7.98 Å². The van der Waals surface area contributed by atoms with Crippen molar-refractivity contribution in [2.45, 2.75) is 0 Å². The van der Waals surface area contributed by atoms with Crippen LogP contribution in [0.2, 0.25) is 0 Å². The lowest BCUT2D eigenvalue weighted by molar-refractivity contribution is -0.131. The van der Waals surface area contributed by atoms with Gasteiger partial charge in [0.25, 0.3) is 11.8 Å². The average molecular weight is 266 g/mol. The number of amides is 2. The Morgan fingerprint density at radius 3 is 1.50 bits per heavy atom. The molecule has 0 spiro atoms. The van der Waals surface area contributed by atoms with Crippen molar-refractivity contribution >= 4 is 51.7 Å². The molecule has 1 aliphatic rings. The van der Waals surface area contributed by atoms with E-state index in [9.17, 15) is 9.59 Å². The number of carbonyl (C=O) groups excluding carboxylic acids is 2. The second kappa shape index (κ2) is 2.50. The molecule has 1 aliphatic heterocycles. The van der Waals surface area contributed by atoms with Gasteiger partial charge in [-0.25, -0.2) is 0 Å². The van der Waals surface area contributed by atoms with Crippen LogP contribution in [-0.2, 0) is 9.59 Å². The minimum atomic E-state index is -0.420. The first-order valence-corrected chi connectivity index (χ1v) is 3.89. The van der Waals surface area contributed by atoms with Gasteiger partial charge in [-0.3, -0.25) is 9.59 Å². The standard InChI is InChI=1S/C4HBBr2NO2/c5-8-3(9)1(6)2(7)4(8)10/h5H. The number of hydrogen-bond donors (Lipinski definition) is 0. The van der Waals surface area contributed by atoms with Crippen LogP contribution in [0.1, 0.15) is 0 Å². The van der Waals surface area contributed by atoms with Gasteiger partial charge in [-0.05, 0) is 31.9 Å². The van der Waals surface area contributed by atoms with E-state index < -0.39 is 11.8 Å². The Morgan fingerprint density at radius 2 is 1.40 bits per heavy atom. The molecule has 0 bridgehead atoms. The third-order valence-electron chi connectivity index (χ3n) is 1.06. The molecule has 0 N–H and O–H groups in total. The minimum Gasteiger partial charge on any atom is -0.329 e. The summed E-state index contributed by atoms with van der Waals surface area (Å²) < 4.78 is 0.458. The summed E-state index contributed by atoms with van der Waals surface area (Å²) in [5.41, 5.74) is 0. The van der Waals surface area contributed by atoms with Gasteiger partial charge in [-0.15, -0.1) is 0 Å². The van der Waals surface area contributed by atoms with Crippen molar-refractivity contribution in [3.8, 4) is 0 Å². The quantitative estimate of drug-likeness (QED) is 0.463. The monoisotopic (exact) mass is 264 g/mol. The van der Waals surface area contributed by atoms with Crippen LogP contribution in [0.3, 0.4) is 0 Å². The smallest absolute Gasteiger partial charge is 0.256 e. The summed E-state index contributed by atoms with van der Waals surface area (Å²) in [5, 5.41) is 0. The highest BCUT2D eigenvalue weighted by molar-refractivity contribution is 9.14. The lowest BCUT2D eigenvalue weighted by atomic mass is 10.3. The van der Waals surface area contributed by atoms with Crippen molar-refractivity contribution in [1.82, 2.24) is 4.81 Å². The predicted molar refractivity (Wildman–Crippen MR) is 43.9 cm³/mol. The number of carbonyl (C=O) groups is 2. The van der Waals surface area contributed by atoms with Crippen LogP contribution in [0.4, 0.5) is 0 Å². The van der Waals surface area contributed by atoms with Gasteiger partial charge in [0.15, 0.2) is 0 Å². The Hall–Kier alpha value is -0.0951. The van der Waals surface area contributed by atoms with E-state index in [4.69, 9.17) is 0 Å². The van der Waals surface area contributed by atoms with Gasteiger partial charge in [-0.2, -0.15) is 0 Å². The summed E-state index contributed by atoms with van der Waals surface area (Å²) >= 11 is 5.86. The van der Waals surface area contributed by atoms with E-state index in [1.54, 1.807) is 0 Å². The van der Waals surface area contributed by atoms with Gasteiger partial charge < -0.3 is 4.81 Å². The van der Waals surface area contributed by atoms with Crippen LogP contribution < -0.4 is 0 Å². The van der Waals surface area contributed by atoms with Gasteiger partial charge in [0.1, 0.15) is 8.96 Å². The highest BCUT2D eigenvalue weighted by Gasteiger charge is 2.31. The highest BCUT2D eigenvalue weighted by Crippen LogP contribution is 2.27. The van der Waals surface area contributed by atoms with Crippen molar-refractivity contribution < 1.29 is 9.59 Å². The fourth-order valence-corrected chi connectivity index (χ4v) is 1.28. The van der Waals surface area contributed by atoms with Crippen LogP contribution in [0, 0.1) is 0 Å². The first-order chi connectivity index (χ1) is 4.55. The molecule has 1 rings (SSSR count). The van der Waals surface area contributed by atoms with E-state index in [-0.39, 0.29) is 8.96 Å². The second-order valence-electron chi connectivity index (χ2n) is 1.67.